The molecule has 11 rings (SSSR count). The monoisotopic (exact) mass is 808 g/mol. The van der Waals surface area contributed by atoms with Crippen molar-refractivity contribution in [1.29, 1.82) is 0 Å². The van der Waals surface area contributed by atoms with Gasteiger partial charge >= 0.3 is 0 Å². The average molecular weight is 809 g/mol. The lowest BCUT2D eigenvalue weighted by Crippen LogP contribution is -2.74. The highest BCUT2D eigenvalue weighted by molar-refractivity contribution is 7.19. The third-order valence-electron chi connectivity index (χ3n) is 12.0. The average Bonchev–Trinajstić information content (AvgIpc) is 3.36. The molecule has 5 heteroatoms. The minimum absolute atomic E-state index is 0.634. The minimum atomic E-state index is -2.71. The van der Waals surface area contributed by atoms with Crippen molar-refractivity contribution in [2.45, 2.75) is 0 Å². The van der Waals surface area contributed by atoms with E-state index < -0.39 is 8.07 Å². The van der Waals surface area contributed by atoms with E-state index in [0.717, 1.165) is 56.0 Å². The van der Waals surface area contributed by atoms with Gasteiger partial charge in [0.25, 0.3) is 0 Å². The van der Waals surface area contributed by atoms with Gasteiger partial charge < -0.3 is 4.90 Å². The molecule has 292 valence electrons. The topological polar surface area (TPSA) is 41.9 Å². The van der Waals surface area contributed by atoms with Crippen LogP contribution >= 0.6 is 0 Å². The van der Waals surface area contributed by atoms with Gasteiger partial charge in [-0.05, 0) is 91.5 Å². The van der Waals surface area contributed by atoms with Crippen LogP contribution in [-0.4, -0.2) is 23.0 Å². The number of hydrogen-bond donors (Lipinski definition) is 0. The number of rotatable bonds is 6. The van der Waals surface area contributed by atoms with Crippen molar-refractivity contribution in [3.8, 4) is 56.4 Å². The van der Waals surface area contributed by atoms with Crippen molar-refractivity contribution in [2.24, 2.45) is 0 Å². The molecule has 1 aliphatic rings. The first-order valence-electron chi connectivity index (χ1n) is 21.0. The maximum absolute atomic E-state index is 5.10. The number of aromatic nitrogens is 3. The van der Waals surface area contributed by atoms with Gasteiger partial charge in [0.1, 0.15) is 0 Å². The van der Waals surface area contributed by atoms with Crippen LogP contribution in [0.3, 0.4) is 0 Å². The maximum atomic E-state index is 5.10. The van der Waals surface area contributed by atoms with Crippen LogP contribution in [0.1, 0.15) is 0 Å². The molecule has 0 amide bonds. The highest BCUT2D eigenvalue weighted by atomic mass is 28.3. The summed E-state index contributed by atoms with van der Waals surface area (Å²) in [5, 5.41) is 5.37. The molecule has 1 aliphatic heterocycles. The summed E-state index contributed by atoms with van der Waals surface area (Å²) in [6, 6.07) is 87.5. The van der Waals surface area contributed by atoms with Gasteiger partial charge in [0.05, 0.1) is 0 Å². The van der Waals surface area contributed by atoms with E-state index in [0.29, 0.717) is 17.5 Å². The Bertz CT molecular complexity index is 2970. The molecule has 0 saturated heterocycles. The van der Waals surface area contributed by atoms with Crippen LogP contribution in [0.15, 0.2) is 243 Å². The van der Waals surface area contributed by atoms with Crippen LogP contribution in [0.4, 0.5) is 17.1 Å². The second kappa shape index (κ2) is 15.9. The van der Waals surface area contributed by atoms with E-state index in [1.165, 1.54) is 20.7 Å². The standard InChI is InChI=1S/C57H40N4Si/c1-5-17-41(18-6-1)55-58-56-46-23-13-19-42(37-46)44-21-15-25-49(39-44)61(50-26-16-22-45(40-50)43-20-14-24-47(38-43)57(59-55)60-56)48-33-35-54(36-34-48)62(51-27-7-2-8-28-51,52-29-9-3-10-30-52)53-31-11-4-12-32-53/h1-40H. The molecule has 0 aliphatic carbocycles. The first kappa shape index (κ1) is 37.0. The molecule has 0 spiro atoms. The Morgan fingerprint density at radius 1 is 0.242 bits per heavy atom. The summed E-state index contributed by atoms with van der Waals surface area (Å²) in [5.41, 5.74) is 10.3. The summed E-state index contributed by atoms with van der Waals surface area (Å²) in [4.78, 5) is 17.6. The third-order valence-corrected chi connectivity index (χ3v) is 16.8. The molecule has 0 saturated carbocycles. The molecule has 0 atom stereocenters. The van der Waals surface area contributed by atoms with E-state index in [2.05, 4.69) is 217 Å². The predicted molar refractivity (Wildman–Crippen MR) is 259 cm³/mol. The molecule has 4 nitrogen and oxygen atoms in total. The van der Waals surface area contributed by atoms with Gasteiger partial charge in [-0.3, -0.25) is 0 Å². The van der Waals surface area contributed by atoms with Gasteiger partial charge in [-0.15, -0.1) is 0 Å². The van der Waals surface area contributed by atoms with Crippen molar-refractivity contribution in [1.82, 2.24) is 15.0 Å². The van der Waals surface area contributed by atoms with Gasteiger partial charge in [-0.1, -0.05) is 194 Å². The Kier molecular flexibility index (Phi) is 9.49. The maximum Gasteiger partial charge on any atom is 0.179 e. The van der Waals surface area contributed by atoms with Crippen LogP contribution in [-0.2, 0) is 0 Å². The van der Waals surface area contributed by atoms with Gasteiger partial charge in [-0.2, -0.15) is 0 Å². The van der Waals surface area contributed by atoms with E-state index in [4.69, 9.17) is 15.0 Å². The molecular formula is C57H40N4Si. The molecule has 10 aromatic rings. The number of benzene rings is 9. The molecule has 10 bridgehead atoms. The fraction of sp³-hybridized carbons (Fsp3) is 0. The molecule has 0 unspecified atom stereocenters. The quantitative estimate of drug-likeness (QED) is 0.124. The highest BCUT2D eigenvalue weighted by Gasteiger charge is 2.41. The van der Waals surface area contributed by atoms with E-state index in [-0.39, 0.29) is 0 Å². The smallest absolute Gasteiger partial charge is 0.179 e. The first-order chi connectivity index (χ1) is 30.7. The number of fused-ring (bicyclic) bond motifs is 14. The van der Waals surface area contributed by atoms with E-state index in [9.17, 15) is 0 Å². The second-order valence-corrected chi connectivity index (χ2v) is 19.5. The summed E-state index contributed by atoms with van der Waals surface area (Å²) >= 11 is 0. The van der Waals surface area contributed by atoms with Gasteiger partial charge in [0.2, 0.25) is 0 Å². The Labute approximate surface area is 363 Å². The number of anilines is 3. The lowest BCUT2D eigenvalue weighted by atomic mass is 9.99. The molecule has 0 fully saturated rings. The van der Waals surface area contributed by atoms with E-state index in [1.54, 1.807) is 0 Å². The molecule has 9 aromatic carbocycles. The van der Waals surface area contributed by atoms with E-state index >= 15 is 0 Å². The van der Waals surface area contributed by atoms with E-state index in [1.807, 2.05) is 30.3 Å². The normalized spacial score (nSPS) is 11.8. The fourth-order valence-corrected chi connectivity index (χ4v) is 13.8. The zero-order valence-corrected chi connectivity index (χ0v) is 34.9. The Balaban J connectivity index is 1.11. The van der Waals surface area contributed by atoms with Gasteiger partial charge in [-0.25, -0.2) is 15.0 Å². The SMILES string of the molecule is c1ccc(-c2nc3nc(n2)-c2cccc(c2)-c2cccc(c2)N(c2ccc([Si](c4ccccc4)(c4ccccc4)c4ccccc4)cc2)c2cccc(c2)-c2cccc-3c2)cc1. The zero-order chi connectivity index (χ0) is 41.3. The van der Waals surface area contributed by atoms with Crippen molar-refractivity contribution in [2.75, 3.05) is 4.90 Å². The predicted octanol–water partition coefficient (Wildman–Crippen LogP) is 11.4. The van der Waals surface area contributed by atoms with Gasteiger partial charge in [0.15, 0.2) is 25.5 Å². The zero-order valence-electron chi connectivity index (χ0n) is 33.9. The molecule has 0 radical (unpaired) electrons. The van der Waals surface area contributed by atoms with Crippen LogP contribution < -0.4 is 25.6 Å². The molecule has 2 heterocycles. The fourth-order valence-electron chi connectivity index (χ4n) is 9.05. The Hall–Kier alpha value is -7.99. The number of nitrogens with zero attached hydrogens (tertiary/aromatic N) is 4. The summed E-state index contributed by atoms with van der Waals surface area (Å²) in [6.07, 6.45) is 0. The summed E-state index contributed by atoms with van der Waals surface area (Å²) in [6.45, 7) is 0. The summed E-state index contributed by atoms with van der Waals surface area (Å²) in [5.74, 6) is 1.91. The van der Waals surface area contributed by atoms with Crippen LogP contribution in [0.2, 0.25) is 0 Å². The summed E-state index contributed by atoms with van der Waals surface area (Å²) < 4.78 is 0. The first-order valence-corrected chi connectivity index (χ1v) is 23.0. The van der Waals surface area contributed by atoms with Crippen LogP contribution in [0, 0.1) is 0 Å². The molecular weight excluding hydrogens is 769 g/mol. The second-order valence-electron chi connectivity index (χ2n) is 15.7. The van der Waals surface area contributed by atoms with Crippen LogP contribution in [0.5, 0.6) is 0 Å². The van der Waals surface area contributed by atoms with Crippen LogP contribution in [0.25, 0.3) is 56.4 Å². The van der Waals surface area contributed by atoms with Crippen molar-refractivity contribution < 1.29 is 0 Å². The highest BCUT2D eigenvalue weighted by Crippen LogP contribution is 2.39. The minimum Gasteiger partial charge on any atom is -0.310 e. The number of hydrogen-bond acceptors (Lipinski definition) is 4. The van der Waals surface area contributed by atoms with Crippen molar-refractivity contribution >= 4 is 45.9 Å². The molecule has 62 heavy (non-hydrogen) atoms. The van der Waals surface area contributed by atoms with Crippen molar-refractivity contribution in [3.63, 3.8) is 0 Å². The summed E-state index contributed by atoms with van der Waals surface area (Å²) in [7, 11) is -2.71. The van der Waals surface area contributed by atoms with Crippen molar-refractivity contribution in [3.05, 3.63) is 243 Å². The Morgan fingerprint density at radius 3 is 1.00 bits per heavy atom. The largest absolute Gasteiger partial charge is 0.310 e. The lowest BCUT2D eigenvalue weighted by molar-refractivity contribution is 1.07. The molecule has 0 N–H and O–H groups in total. The Morgan fingerprint density at radius 2 is 0.565 bits per heavy atom. The third kappa shape index (κ3) is 6.71. The lowest BCUT2D eigenvalue weighted by Gasteiger charge is -2.35. The van der Waals surface area contributed by atoms with Gasteiger partial charge in [0, 0.05) is 33.8 Å². The molecule has 1 aromatic heterocycles.